The molecule has 0 saturated heterocycles. The van der Waals surface area contributed by atoms with Crippen LogP contribution in [0.1, 0.15) is 59.4 Å². The fraction of sp³-hybridized carbons (Fsp3) is 0.267. The maximum atomic E-state index is 12.3. The fourth-order valence-electron chi connectivity index (χ4n) is 4.26. The van der Waals surface area contributed by atoms with Gasteiger partial charge in [-0.2, -0.15) is 0 Å². The number of carbonyl (C=O) groups is 1. The molecule has 0 bridgehead atoms. The van der Waals surface area contributed by atoms with E-state index < -0.39 is 21.8 Å². The second kappa shape index (κ2) is 13.6. The van der Waals surface area contributed by atoms with Gasteiger partial charge in [0.15, 0.2) is 5.76 Å². The van der Waals surface area contributed by atoms with Crippen molar-refractivity contribution in [1.29, 1.82) is 0 Å². The van der Waals surface area contributed by atoms with E-state index in [9.17, 15) is 17.8 Å². The summed E-state index contributed by atoms with van der Waals surface area (Å²) in [5.41, 5.74) is 5.46. The molecule has 7 nitrogen and oxygen atoms in total. The number of nitrogens with one attached hydrogen (secondary N) is 1. The summed E-state index contributed by atoms with van der Waals surface area (Å²) < 4.78 is 39.0. The molecule has 0 aliphatic rings. The first kappa shape index (κ1) is 32.2. The topological polar surface area (TPSA) is 112 Å². The number of benzene rings is 3. The Hall–Kier alpha value is -2.27. The second-order valence-electron chi connectivity index (χ2n) is 10.5. The molecule has 1 amide bonds. The Morgan fingerprint density at radius 3 is 2.30 bits per heavy atom. The van der Waals surface area contributed by atoms with Gasteiger partial charge in [0, 0.05) is 34.1 Å². The summed E-state index contributed by atoms with van der Waals surface area (Å²) >= 11 is 3.51. The van der Waals surface area contributed by atoms with Gasteiger partial charge in [-0.1, -0.05) is 90.4 Å². The summed E-state index contributed by atoms with van der Waals surface area (Å²) in [5, 5.41) is 6.90. The number of aromatic nitrogens is 1. The summed E-state index contributed by atoms with van der Waals surface area (Å²) in [6.45, 7) is 6.31. The van der Waals surface area contributed by atoms with Gasteiger partial charge in [-0.25, -0.2) is 8.42 Å². The zero-order valence-electron chi connectivity index (χ0n) is 23.0. The van der Waals surface area contributed by atoms with Gasteiger partial charge in [0.1, 0.15) is 0 Å². The molecule has 1 aromatic heterocycles. The van der Waals surface area contributed by atoms with E-state index in [1.165, 1.54) is 5.56 Å². The van der Waals surface area contributed by atoms with Gasteiger partial charge >= 0.3 is 29.6 Å². The van der Waals surface area contributed by atoms with Crippen molar-refractivity contribution in [2.24, 2.45) is 0 Å². The van der Waals surface area contributed by atoms with Crippen LogP contribution in [0.2, 0.25) is 0 Å². The van der Waals surface area contributed by atoms with E-state index in [2.05, 4.69) is 71.4 Å². The van der Waals surface area contributed by atoms with Gasteiger partial charge in [0.2, 0.25) is 0 Å². The molecule has 0 aliphatic carbocycles. The van der Waals surface area contributed by atoms with Gasteiger partial charge in [-0.15, -0.1) is 0 Å². The second-order valence-corrected chi connectivity index (χ2v) is 12.9. The minimum Gasteiger partial charge on any atom is -0.748 e. The van der Waals surface area contributed by atoms with Gasteiger partial charge in [-0.05, 0) is 52.8 Å². The Morgan fingerprint density at radius 1 is 1.02 bits per heavy atom. The van der Waals surface area contributed by atoms with Crippen molar-refractivity contribution >= 4 is 32.0 Å². The molecule has 0 radical (unpaired) electrons. The van der Waals surface area contributed by atoms with Crippen LogP contribution < -0.4 is 34.9 Å². The first-order valence-corrected chi connectivity index (χ1v) is 14.9. The first-order valence-electron chi connectivity index (χ1n) is 12.5. The summed E-state index contributed by atoms with van der Waals surface area (Å²) in [7, 11) is -4.38. The molecule has 0 fully saturated rings. The van der Waals surface area contributed by atoms with E-state index in [-0.39, 0.29) is 47.4 Å². The molecule has 4 rings (SSSR count). The van der Waals surface area contributed by atoms with Crippen molar-refractivity contribution in [2.45, 2.75) is 38.5 Å². The maximum Gasteiger partial charge on any atom is 1.00 e. The van der Waals surface area contributed by atoms with E-state index in [4.69, 9.17) is 4.52 Å². The predicted octanol–water partition coefficient (Wildman–Crippen LogP) is 3.06. The Morgan fingerprint density at radius 2 is 1.70 bits per heavy atom. The van der Waals surface area contributed by atoms with Gasteiger partial charge in [0.25, 0.3) is 5.91 Å². The monoisotopic (exact) mass is 632 g/mol. The van der Waals surface area contributed by atoms with Crippen molar-refractivity contribution in [3.05, 3.63) is 111 Å². The van der Waals surface area contributed by atoms with Crippen LogP contribution in [0, 0.1) is 0 Å². The van der Waals surface area contributed by atoms with E-state index in [1.54, 1.807) is 12.1 Å². The van der Waals surface area contributed by atoms with Gasteiger partial charge < -0.3 is 14.4 Å². The standard InChI is InChI=1S/C30H31BrN2O5S.Na/c1-30(2,3)24-13-11-21(12-14-24)26(27-19-28(38-33-27)23-5-4-6-25(31)18-23)17-20-7-9-22(10-8-20)29(34)32-15-16-39(35,36)37;/h4-14,18-19,26H,15-17H2,1-3H3,(H,32,34)(H,35,36,37);/q;+1/p-1. The van der Waals surface area contributed by atoms with Crippen LogP contribution in [-0.2, 0) is 22.0 Å². The zero-order chi connectivity index (χ0) is 28.2. The average molecular weight is 634 g/mol. The number of nitrogens with zero attached hydrogens (tertiary/aromatic N) is 1. The van der Waals surface area contributed by atoms with Crippen LogP contribution in [0.3, 0.4) is 0 Å². The van der Waals surface area contributed by atoms with Crippen molar-refractivity contribution < 1.29 is 51.8 Å². The number of halogens is 1. The third kappa shape index (κ3) is 8.86. The van der Waals surface area contributed by atoms with E-state index in [0.717, 1.165) is 26.9 Å². The predicted molar refractivity (Wildman–Crippen MR) is 154 cm³/mol. The Labute approximate surface area is 265 Å². The molecule has 3 aromatic carbocycles. The molecule has 204 valence electrons. The van der Waals surface area contributed by atoms with Gasteiger partial charge in [-0.3, -0.25) is 4.79 Å². The number of hydrogen-bond donors (Lipinski definition) is 1. The summed E-state index contributed by atoms with van der Waals surface area (Å²) in [5.74, 6) is -0.499. The Bertz CT molecular complexity index is 1550. The van der Waals surface area contributed by atoms with Crippen molar-refractivity contribution in [3.63, 3.8) is 0 Å². The number of amides is 1. The van der Waals surface area contributed by atoms with E-state index >= 15 is 0 Å². The smallest absolute Gasteiger partial charge is 0.748 e. The minimum absolute atomic E-state index is 0. The molecule has 1 atom stereocenters. The third-order valence-electron chi connectivity index (χ3n) is 6.47. The van der Waals surface area contributed by atoms with Crippen LogP contribution in [-0.4, -0.2) is 36.3 Å². The van der Waals surface area contributed by atoms with Crippen molar-refractivity contribution in [2.75, 3.05) is 12.3 Å². The maximum absolute atomic E-state index is 12.3. The third-order valence-corrected chi connectivity index (χ3v) is 7.66. The average Bonchev–Trinajstić information content (AvgIpc) is 3.36. The molecule has 10 heteroatoms. The molecule has 4 aromatic rings. The number of carbonyl (C=O) groups excluding carboxylic acids is 1. The largest absolute Gasteiger partial charge is 1.00 e. The Kier molecular flexibility index (Phi) is 11.0. The zero-order valence-corrected chi connectivity index (χ0v) is 27.4. The van der Waals surface area contributed by atoms with E-state index in [1.807, 2.05) is 42.5 Å². The summed E-state index contributed by atoms with van der Waals surface area (Å²) in [4.78, 5) is 12.3. The number of rotatable bonds is 9. The molecular weight excluding hydrogens is 603 g/mol. The fourth-order valence-corrected chi connectivity index (χ4v) is 5.01. The molecule has 1 unspecified atom stereocenters. The first-order chi connectivity index (χ1) is 18.4. The van der Waals surface area contributed by atoms with Crippen LogP contribution in [0.15, 0.2) is 87.9 Å². The SMILES string of the molecule is CC(C)(C)c1ccc(C(Cc2ccc(C(=O)NCCS(=O)(=O)[O-])cc2)c2cc(-c3cccc(Br)c3)on2)cc1.[Na+]. The van der Waals surface area contributed by atoms with Gasteiger partial charge in [0.05, 0.1) is 21.6 Å². The van der Waals surface area contributed by atoms with Crippen molar-refractivity contribution in [3.8, 4) is 11.3 Å². The molecule has 40 heavy (non-hydrogen) atoms. The molecule has 0 spiro atoms. The minimum atomic E-state index is -4.38. The summed E-state index contributed by atoms with van der Waals surface area (Å²) in [6, 6.07) is 25.5. The van der Waals surface area contributed by atoms with Crippen LogP contribution in [0.25, 0.3) is 11.3 Å². The van der Waals surface area contributed by atoms with Crippen molar-refractivity contribution in [1.82, 2.24) is 10.5 Å². The molecule has 1 N–H and O–H groups in total. The van der Waals surface area contributed by atoms with Crippen LogP contribution in [0.4, 0.5) is 0 Å². The molecule has 0 aliphatic heterocycles. The molecule has 1 heterocycles. The van der Waals surface area contributed by atoms with Crippen LogP contribution >= 0.6 is 15.9 Å². The number of hydrogen-bond acceptors (Lipinski definition) is 6. The normalized spacial score (nSPS) is 12.4. The quantitative estimate of drug-likeness (QED) is 0.224. The summed E-state index contributed by atoms with van der Waals surface area (Å²) in [6.07, 6.45) is 0.621. The van der Waals surface area contributed by atoms with E-state index in [0.29, 0.717) is 17.7 Å². The Balaban J connectivity index is 0.00000441. The molecular formula is C30H30BrN2NaO5S. The molecule has 0 saturated carbocycles. The van der Waals surface area contributed by atoms with Crippen LogP contribution in [0.5, 0.6) is 0 Å².